The van der Waals surface area contributed by atoms with E-state index in [9.17, 15) is 0 Å². The van der Waals surface area contributed by atoms with Crippen LogP contribution in [0, 0.1) is 0 Å². The average Bonchev–Trinajstić information content (AvgIpc) is 2.65. The van der Waals surface area contributed by atoms with E-state index in [1.807, 2.05) is 6.07 Å². The molecule has 2 aromatic rings. The van der Waals surface area contributed by atoms with Crippen molar-refractivity contribution in [3.63, 3.8) is 0 Å². The van der Waals surface area contributed by atoms with Crippen molar-refractivity contribution in [1.29, 1.82) is 0 Å². The van der Waals surface area contributed by atoms with Crippen molar-refractivity contribution in [2.24, 2.45) is 0 Å². The molecule has 0 unspecified atom stereocenters. The summed E-state index contributed by atoms with van der Waals surface area (Å²) in [6.07, 6.45) is 0. The molecule has 0 aliphatic carbocycles. The lowest BCUT2D eigenvalue weighted by atomic mass is 10.1. The van der Waals surface area contributed by atoms with Gasteiger partial charge < -0.3 is 10.3 Å². The number of fused-ring (bicyclic) bond motifs is 3. The van der Waals surface area contributed by atoms with Crippen LogP contribution in [-0.4, -0.2) is 4.98 Å². The van der Waals surface area contributed by atoms with Crippen LogP contribution < -0.4 is 5.32 Å². The molecule has 2 heterocycles. The van der Waals surface area contributed by atoms with Gasteiger partial charge in [0.1, 0.15) is 0 Å². The third kappa shape index (κ3) is 1.13. The molecule has 0 bridgehead atoms. The van der Waals surface area contributed by atoms with E-state index >= 15 is 0 Å². The Morgan fingerprint density at radius 3 is 3.00 bits per heavy atom. The maximum absolute atomic E-state index is 6.15. The summed E-state index contributed by atoms with van der Waals surface area (Å²) in [4.78, 5) is 3.36. The predicted octanol–water partition coefficient (Wildman–Crippen LogP) is 3.19. The molecule has 0 fully saturated rings. The van der Waals surface area contributed by atoms with Gasteiger partial charge in [-0.15, -0.1) is 0 Å². The molecule has 3 rings (SSSR count). The summed E-state index contributed by atoms with van der Waals surface area (Å²) in [6.45, 7) is 1.85. The van der Waals surface area contributed by atoms with Crippen molar-refractivity contribution < 1.29 is 0 Å². The van der Waals surface area contributed by atoms with Gasteiger partial charge in [0, 0.05) is 28.6 Å². The van der Waals surface area contributed by atoms with Gasteiger partial charge in [0.25, 0.3) is 0 Å². The first kappa shape index (κ1) is 8.77. The van der Waals surface area contributed by atoms with E-state index in [2.05, 4.69) is 32.3 Å². The maximum atomic E-state index is 6.15. The number of aromatic amines is 1. The molecule has 14 heavy (non-hydrogen) atoms. The Morgan fingerprint density at radius 1 is 1.29 bits per heavy atom. The minimum absolute atomic E-state index is 0.781. The Morgan fingerprint density at radius 2 is 2.14 bits per heavy atom. The van der Waals surface area contributed by atoms with Gasteiger partial charge in [0.2, 0.25) is 0 Å². The predicted molar refractivity (Wildman–Crippen MR) is 61.6 cm³/mol. The monoisotopic (exact) mass is 270 g/mol. The lowest BCUT2D eigenvalue weighted by molar-refractivity contribution is 0.757. The average molecular weight is 272 g/mol. The first-order valence-corrected chi connectivity index (χ1v) is 5.62. The van der Waals surface area contributed by atoms with E-state index in [1.54, 1.807) is 0 Å². The lowest BCUT2D eigenvalue weighted by Crippen LogP contribution is -2.01. The van der Waals surface area contributed by atoms with Gasteiger partial charge >= 0.3 is 0 Å². The van der Waals surface area contributed by atoms with Crippen LogP contribution in [0.25, 0.3) is 10.9 Å². The van der Waals surface area contributed by atoms with Gasteiger partial charge in [-0.05, 0) is 17.7 Å². The molecule has 0 saturated heterocycles. The number of rotatable bonds is 0. The maximum Gasteiger partial charge on any atom is 0.0658 e. The Bertz CT molecular complexity index is 518. The Balaban J connectivity index is 2.43. The molecule has 1 aliphatic rings. The highest BCUT2D eigenvalue weighted by Crippen LogP contribution is 2.33. The van der Waals surface area contributed by atoms with E-state index in [4.69, 9.17) is 11.6 Å². The zero-order valence-corrected chi connectivity index (χ0v) is 9.67. The molecule has 4 heteroatoms. The minimum Gasteiger partial charge on any atom is -0.356 e. The van der Waals surface area contributed by atoms with E-state index in [1.165, 1.54) is 16.6 Å². The molecule has 1 aromatic heterocycles. The van der Waals surface area contributed by atoms with Gasteiger partial charge in [0.15, 0.2) is 0 Å². The van der Waals surface area contributed by atoms with E-state index in [0.29, 0.717) is 0 Å². The second-order valence-corrected chi connectivity index (χ2v) is 4.82. The van der Waals surface area contributed by atoms with Gasteiger partial charge in [-0.3, -0.25) is 0 Å². The number of aromatic nitrogens is 1. The molecule has 0 saturated carbocycles. The first-order valence-electron chi connectivity index (χ1n) is 4.45. The summed E-state index contributed by atoms with van der Waals surface area (Å²) in [5.41, 5.74) is 3.67. The van der Waals surface area contributed by atoms with Crippen molar-refractivity contribution in [1.82, 2.24) is 10.3 Å². The smallest absolute Gasteiger partial charge is 0.0658 e. The minimum atomic E-state index is 0.781. The van der Waals surface area contributed by atoms with E-state index in [-0.39, 0.29) is 0 Å². The Hall–Kier alpha value is -0.510. The fourth-order valence-electron chi connectivity index (χ4n) is 1.99. The fourth-order valence-corrected chi connectivity index (χ4v) is 2.85. The lowest BCUT2D eigenvalue weighted by Gasteiger charge is -1.98. The summed E-state index contributed by atoms with van der Waals surface area (Å²) in [6, 6.07) is 4.03. The molecule has 0 radical (unpaired) electrons. The standard InChI is InChI=1S/C10H8BrClN2/c11-5-1-6-7-3-13-4-9(7)14-10(6)8(12)2-5/h1-2,13-14H,3-4H2. The normalized spacial score (nSPS) is 15.0. The highest BCUT2D eigenvalue weighted by atomic mass is 79.9. The number of hydrogen-bond acceptors (Lipinski definition) is 1. The third-order valence-electron chi connectivity index (χ3n) is 2.62. The topological polar surface area (TPSA) is 27.8 Å². The molecule has 0 spiro atoms. The molecular weight excluding hydrogens is 263 g/mol. The summed E-state index contributed by atoms with van der Waals surface area (Å²) in [5, 5.41) is 5.32. The largest absolute Gasteiger partial charge is 0.356 e. The molecule has 0 amide bonds. The van der Waals surface area contributed by atoms with Crippen LogP contribution in [0.4, 0.5) is 0 Å². The van der Waals surface area contributed by atoms with Crippen molar-refractivity contribution >= 4 is 38.4 Å². The second-order valence-electron chi connectivity index (χ2n) is 3.50. The van der Waals surface area contributed by atoms with Crippen LogP contribution in [0.3, 0.4) is 0 Å². The fraction of sp³-hybridized carbons (Fsp3) is 0.200. The van der Waals surface area contributed by atoms with Gasteiger partial charge in [-0.25, -0.2) is 0 Å². The molecule has 2 N–H and O–H groups in total. The number of benzene rings is 1. The Kier molecular flexibility index (Phi) is 1.87. The van der Waals surface area contributed by atoms with E-state index < -0.39 is 0 Å². The molecular formula is C10H8BrClN2. The van der Waals surface area contributed by atoms with Crippen molar-refractivity contribution in [2.75, 3.05) is 0 Å². The number of nitrogens with one attached hydrogen (secondary N) is 2. The van der Waals surface area contributed by atoms with Gasteiger partial charge in [0.05, 0.1) is 10.5 Å². The highest BCUT2D eigenvalue weighted by molar-refractivity contribution is 9.10. The number of halogens is 2. The van der Waals surface area contributed by atoms with Crippen molar-refractivity contribution in [3.8, 4) is 0 Å². The van der Waals surface area contributed by atoms with Crippen LogP contribution >= 0.6 is 27.5 Å². The quantitative estimate of drug-likeness (QED) is 0.757. The first-order chi connectivity index (χ1) is 6.75. The highest BCUT2D eigenvalue weighted by Gasteiger charge is 2.17. The van der Waals surface area contributed by atoms with Crippen molar-refractivity contribution in [2.45, 2.75) is 13.1 Å². The van der Waals surface area contributed by atoms with Gasteiger partial charge in [-0.2, -0.15) is 0 Å². The number of H-pyrrole nitrogens is 1. The second kappa shape index (κ2) is 2.99. The van der Waals surface area contributed by atoms with Crippen molar-refractivity contribution in [3.05, 3.63) is 32.9 Å². The van der Waals surface area contributed by atoms with Crippen LogP contribution in [0.15, 0.2) is 16.6 Å². The summed E-state index contributed by atoms with van der Waals surface area (Å²) in [7, 11) is 0. The number of hydrogen-bond donors (Lipinski definition) is 2. The van der Waals surface area contributed by atoms with Crippen LogP contribution in [-0.2, 0) is 13.1 Å². The molecule has 1 aromatic carbocycles. The van der Waals surface area contributed by atoms with Crippen LogP contribution in [0.5, 0.6) is 0 Å². The zero-order chi connectivity index (χ0) is 9.71. The summed E-state index contributed by atoms with van der Waals surface area (Å²) >= 11 is 9.60. The molecule has 0 atom stereocenters. The SMILES string of the molecule is Clc1cc(Br)cc2c3c([nH]c12)CNC3. The van der Waals surface area contributed by atoms with Crippen LogP contribution in [0.1, 0.15) is 11.3 Å². The third-order valence-corrected chi connectivity index (χ3v) is 3.38. The Labute approximate surface area is 94.8 Å². The molecule has 1 aliphatic heterocycles. The molecule has 72 valence electrons. The molecule has 2 nitrogen and oxygen atoms in total. The van der Waals surface area contributed by atoms with Crippen LogP contribution in [0.2, 0.25) is 5.02 Å². The summed E-state index contributed by atoms with van der Waals surface area (Å²) < 4.78 is 1.03. The zero-order valence-electron chi connectivity index (χ0n) is 7.32. The summed E-state index contributed by atoms with van der Waals surface area (Å²) in [5.74, 6) is 0. The van der Waals surface area contributed by atoms with Gasteiger partial charge in [-0.1, -0.05) is 27.5 Å². The van der Waals surface area contributed by atoms with E-state index in [0.717, 1.165) is 28.1 Å².